The smallest absolute Gasteiger partial charge is 0.408 e. The van der Waals surface area contributed by atoms with Crippen molar-refractivity contribution in [3.8, 4) is 0 Å². The number of oxazole rings is 1. The molecule has 2 aromatic rings. The van der Waals surface area contributed by atoms with Crippen LogP contribution in [0.3, 0.4) is 0 Å². The Bertz CT molecular complexity index is 894. The van der Waals surface area contributed by atoms with Crippen LogP contribution in [0.4, 0.5) is 0 Å². The van der Waals surface area contributed by atoms with E-state index >= 15 is 0 Å². The second-order valence-corrected chi connectivity index (χ2v) is 8.34. The molecule has 0 spiro atoms. The van der Waals surface area contributed by atoms with E-state index in [0.29, 0.717) is 28.6 Å². The van der Waals surface area contributed by atoms with E-state index in [0.717, 1.165) is 31.5 Å². The van der Waals surface area contributed by atoms with Gasteiger partial charge in [0.05, 0.1) is 11.1 Å². The molecular formula is C20H27ClN4O3. The topological polar surface area (TPSA) is 95.6 Å². The number of nitrogens with zero attached hydrogens (tertiary/aromatic N) is 2. The van der Waals surface area contributed by atoms with Crippen molar-refractivity contribution in [2.45, 2.75) is 50.6 Å². The number of halogens is 1. The summed E-state index contributed by atoms with van der Waals surface area (Å²) in [7, 11) is 0. The van der Waals surface area contributed by atoms with E-state index in [1.54, 1.807) is 12.1 Å². The molecule has 3 heterocycles. The van der Waals surface area contributed by atoms with Crippen molar-refractivity contribution in [1.29, 1.82) is 0 Å². The van der Waals surface area contributed by atoms with Crippen molar-refractivity contribution in [2.75, 3.05) is 26.2 Å². The van der Waals surface area contributed by atoms with Gasteiger partial charge in [-0.25, -0.2) is 4.79 Å². The lowest BCUT2D eigenvalue weighted by Gasteiger charge is -2.40. The Balaban J connectivity index is 1.35. The number of hydrogen-bond acceptors (Lipinski definition) is 5. The fourth-order valence-electron chi connectivity index (χ4n) is 4.49. The van der Waals surface area contributed by atoms with E-state index in [2.05, 4.69) is 9.88 Å². The molecule has 2 aliphatic heterocycles. The zero-order valence-corrected chi connectivity index (χ0v) is 16.7. The fraction of sp³-hybridized carbons (Fsp3) is 0.600. The second-order valence-electron chi connectivity index (χ2n) is 7.93. The van der Waals surface area contributed by atoms with Crippen LogP contribution in [-0.4, -0.2) is 59.0 Å². The zero-order valence-electron chi connectivity index (χ0n) is 16.0. The van der Waals surface area contributed by atoms with Crippen molar-refractivity contribution in [1.82, 2.24) is 14.8 Å². The monoisotopic (exact) mass is 406 g/mol. The Kier molecular flexibility index (Phi) is 5.75. The van der Waals surface area contributed by atoms with Crippen LogP contribution in [0.15, 0.2) is 21.3 Å². The van der Waals surface area contributed by atoms with Gasteiger partial charge in [-0.05, 0) is 62.9 Å². The fourth-order valence-corrected chi connectivity index (χ4v) is 4.77. The van der Waals surface area contributed by atoms with Crippen LogP contribution < -0.4 is 11.5 Å². The molecule has 3 N–H and O–H groups in total. The molecular weight excluding hydrogens is 380 g/mol. The number of amides is 1. The normalized spacial score (nSPS) is 20.6. The van der Waals surface area contributed by atoms with Gasteiger partial charge in [-0.1, -0.05) is 18.0 Å². The number of hydrogen-bond donors (Lipinski definition) is 2. The van der Waals surface area contributed by atoms with Crippen molar-refractivity contribution < 1.29 is 9.21 Å². The standard InChI is InChI=1S/C20H27ClN4O3/c21-15-10-13(12-17-18(15)23-20(27)28-17)11-16(22)19(26)25-8-4-14(5-9-25)24-6-2-1-3-7-24/h10,12,14,16H,1-9,11,22H2,(H,23,27). The highest BCUT2D eigenvalue weighted by atomic mass is 35.5. The minimum Gasteiger partial charge on any atom is -0.408 e. The third-order valence-corrected chi connectivity index (χ3v) is 6.30. The molecule has 1 amide bonds. The summed E-state index contributed by atoms with van der Waals surface area (Å²) in [6, 6.07) is 3.41. The lowest BCUT2D eigenvalue weighted by Crippen LogP contribution is -2.52. The summed E-state index contributed by atoms with van der Waals surface area (Å²) in [6.07, 6.45) is 6.31. The van der Waals surface area contributed by atoms with Crippen LogP contribution in [0.1, 0.15) is 37.7 Å². The molecule has 152 valence electrons. The predicted molar refractivity (Wildman–Crippen MR) is 109 cm³/mol. The van der Waals surface area contributed by atoms with Gasteiger partial charge in [0, 0.05) is 19.1 Å². The van der Waals surface area contributed by atoms with Crippen molar-refractivity contribution in [3.05, 3.63) is 33.3 Å². The summed E-state index contributed by atoms with van der Waals surface area (Å²) < 4.78 is 5.08. The maximum Gasteiger partial charge on any atom is 0.417 e. The van der Waals surface area contributed by atoms with Gasteiger partial charge >= 0.3 is 5.76 Å². The summed E-state index contributed by atoms with van der Waals surface area (Å²) in [4.78, 5) is 31.2. The molecule has 1 unspecified atom stereocenters. The van der Waals surface area contributed by atoms with E-state index in [4.69, 9.17) is 21.8 Å². The lowest BCUT2D eigenvalue weighted by atomic mass is 9.98. The maximum absolute atomic E-state index is 12.8. The minimum absolute atomic E-state index is 0.0242. The Hall–Kier alpha value is -1.83. The summed E-state index contributed by atoms with van der Waals surface area (Å²) in [6.45, 7) is 3.91. The molecule has 1 aromatic heterocycles. The first-order valence-corrected chi connectivity index (χ1v) is 10.5. The van der Waals surface area contributed by atoms with Crippen molar-refractivity contribution in [3.63, 3.8) is 0 Å². The summed E-state index contributed by atoms with van der Waals surface area (Å²) in [5.41, 5.74) is 7.85. The number of nitrogens with two attached hydrogens (primary N) is 1. The quantitative estimate of drug-likeness (QED) is 0.810. The molecule has 0 saturated carbocycles. The Morgan fingerprint density at radius 1 is 1.21 bits per heavy atom. The van der Waals surface area contributed by atoms with Gasteiger partial charge in [0.1, 0.15) is 5.52 Å². The largest absolute Gasteiger partial charge is 0.417 e. The number of aromatic amines is 1. The number of benzene rings is 1. The van der Waals surface area contributed by atoms with Gasteiger partial charge in [-0.3, -0.25) is 9.78 Å². The molecule has 0 aliphatic carbocycles. The molecule has 7 nitrogen and oxygen atoms in total. The number of rotatable bonds is 4. The number of fused-ring (bicyclic) bond motifs is 1. The maximum atomic E-state index is 12.8. The second kappa shape index (κ2) is 8.27. The zero-order chi connectivity index (χ0) is 19.7. The van der Waals surface area contributed by atoms with E-state index in [1.807, 2.05) is 4.90 Å². The molecule has 0 bridgehead atoms. The minimum atomic E-state index is -0.634. The average Bonchev–Trinajstić information content (AvgIpc) is 3.09. The van der Waals surface area contributed by atoms with Crippen LogP contribution >= 0.6 is 11.6 Å². The Labute approximate surface area is 168 Å². The first-order valence-electron chi connectivity index (χ1n) is 10.1. The average molecular weight is 407 g/mol. The van der Waals surface area contributed by atoms with E-state index in [9.17, 15) is 9.59 Å². The molecule has 0 radical (unpaired) electrons. The van der Waals surface area contributed by atoms with Crippen LogP contribution in [0.2, 0.25) is 5.02 Å². The first kappa shape index (κ1) is 19.5. The third kappa shape index (κ3) is 4.11. The molecule has 1 atom stereocenters. The first-order chi connectivity index (χ1) is 13.5. The van der Waals surface area contributed by atoms with Gasteiger partial charge in [-0.2, -0.15) is 0 Å². The number of piperidine rings is 2. The lowest BCUT2D eigenvalue weighted by molar-refractivity contribution is -0.134. The SMILES string of the molecule is NC(Cc1cc(Cl)c2[nH]c(=O)oc2c1)C(=O)N1CCC(N2CCCCC2)CC1. The van der Waals surface area contributed by atoms with Crippen molar-refractivity contribution >= 4 is 28.6 Å². The molecule has 8 heteroatoms. The highest BCUT2D eigenvalue weighted by Gasteiger charge is 2.29. The summed E-state index contributed by atoms with van der Waals surface area (Å²) >= 11 is 6.21. The van der Waals surface area contributed by atoms with E-state index in [1.165, 1.54) is 32.4 Å². The number of nitrogens with one attached hydrogen (secondary N) is 1. The van der Waals surface area contributed by atoms with Crippen LogP contribution in [0.5, 0.6) is 0 Å². The third-order valence-electron chi connectivity index (χ3n) is 6.00. The van der Waals surface area contributed by atoms with E-state index < -0.39 is 11.8 Å². The highest BCUT2D eigenvalue weighted by molar-refractivity contribution is 6.34. The van der Waals surface area contributed by atoms with Crippen molar-refractivity contribution in [2.24, 2.45) is 5.73 Å². The number of carbonyl (C=O) groups is 1. The van der Waals surface area contributed by atoms with Gasteiger partial charge in [0.25, 0.3) is 0 Å². The molecule has 28 heavy (non-hydrogen) atoms. The number of aromatic nitrogens is 1. The Morgan fingerprint density at radius 2 is 1.93 bits per heavy atom. The molecule has 2 fully saturated rings. The van der Waals surface area contributed by atoms with Crippen LogP contribution in [0.25, 0.3) is 11.1 Å². The van der Waals surface area contributed by atoms with E-state index in [-0.39, 0.29) is 5.91 Å². The molecule has 2 aliphatic rings. The summed E-state index contributed by atoms with van der Waals surface area (Å²) in [5, 5.41) is 0.389. The molecule has 1 aromatic carbocycles. The molecule has 2 saturated heterocycles. The van der Waals surface area contributed by atoms with Crippen LogP contribution in [0, 0.1) is 0 Å². The highest BCUT2D eigenvalue weighted by Crippen LogP contribution is 2.24. The van der Waals surface area contributed by atoms with Gasteiger partial charge < -0.3 is 20.0 Å². The number of H-pyrrole nitrogens is 1. The number of carbonyl (C=O) groups excluding carboxylic acids is 1. The van der Waals surface area contributed by atoms with Gasteiger partial charge in [-0.15, -0.1) is 0 Å². The predicted octanol–water partition coefficient (Wildman–Crippen LogP) is 2.12. The molecule has 4 rings (SSSR count). The van der Waals surface area contributed by atoms with Crippen LogP contribution in [-0.2, 0) is 11.2 Å². The Morgan fingerprint density at radius 3 is 2.64 bits per heavy atom. The van der Waals surface area contributed by atoms with Gasteiger partial charge in [0.15, 0.2) is 5.58 Å². The number of likely N-dealkylation sites (tertiary alicyclic amines) is 2. The summed E-state index contributed by atoms with van der Waals surface area (Å²) in [5.74, 6) is -0.574. The van der Waals surface area contributed by atoms with Gasteiger partial charge in [0.2, 0.25) is 5.91 Å².